The summed E-state index contributed by atoms with van der Waals surface area (Å²) < 4.78 is 1.99. The zero-order valence-corrected chi connectivity index (χ0v) is 13.9. The van der Waals surface area contributed by atoms with Crippen LogP contribution >= 0.6 is 34.8 Å². The molecule has 0 aliphatic carbocycles. The summed E-state index contributed by atoms with van der Waals surface area (Å²) in [6.07, 6.45) is 1.78. The van der Waals surface area contributed by atoms with Crippen LogP contribution in [0.25, 0.3) is 0 Å². The molecule has 1 heterocycles. The molecule has 0 atom stereocenters. The van der Waals surface area contributed by atoms with E-state index in [1.165, 1.54) is 5.69 Å². The molecule has 0 saturated heterocycles. The Hall–Kier alpha value is -0.700. The largest absolute Gasteiger partial charge is 0.265 e. The van der Waals surface area contributed by atoms with E-state index in [-0.39, 0.29) is 0 Å². The van der Waals surface area contributed by atoms with Crippen LogP contribution in [0.15, 0.2) is 18.2 Å². The number of nitrogens with zero attached hydrogens (tertiary/aromatic N) is 2. The van der Waals surface area contributed by atoms with Crippen molar-refractivity contribution in [2.45, 2.75) is 39.1 Å². The van der Waals surface area contributed by atoms with Crippen LogP contribution in [0.5, 0.6) is 0 Å². The molecule has 2 aromatic rings. The van der Waals surface area contributed by atoms with Gasteiger partial charge in [0, 0.05) is 11.3 Å². The van der Waals surface area contributed by atoms with Gasteiger partial charge >= 0.3 is 0 Å². The Kier molecular flexibility index (Phi) is 5.36. The van der Waals surface area contributed by atoms with Gasteiger partial charge in [-0.2, -0.15) is 5.10 Å². The van der Waals surface area contributed by atoms with Crippen LogP contribution in [0.4, 0.5) is 0 Å². The van der Waals surface area contributed by atoms with Crippen LogP contribution in [-0.2, 0) is 25.3 Å². The minimum absolute atomic E-state index is 0.496. The van der Waals surface area contributed by atoms with E-state index < -0.39 is 0 Å². The van der Waals surface area contributed by atoms with Crippen molar-refractivity contribution in [1.82, 2.24) is 9.78 Å². The molecule has 0 spiro atoms. The number of aromatic nitrogens is 2. The molecule has 0 N–H and O–H groups in total. The van der Waals surface area contributed by atoms with Gasteiger partial charge in [0.05, 0.1) is 28.2 Å². The van der Waals surface area contributed by atoms with Gasteiger partial charge in [-0.25, -0.2) is 0 Å². The van der Waals surface area contributed by atoms with Crippen LogP contribution in [0.1, 0.15) is 36.4 Å². The molecule has 0 fully saturated rings. The summed E-state index contributed by atoms with van der Waals surface area (Å²) in [6, 6.07) is 5.67. The molecule has 0 bridgehead atoms. The Morgan fingerprint density at radius 1 is 1.15 bits per heavy atom. The lowest BCUT2D eigenvalue weighted by Gasteiger charge is -2.09. The number of benzene rings is 1. The molecule has 2 nitrogen and oxygen atoms in total. The fourth-order valence-corrected chi connectivity index (χ4v) is 3.07. The van der Waals surface area contributed by atoms with Gasteiger partial charge in [-0.05, 0) is 24.5 Å². The highest BCUT2D eigenvalue weighted by Gasteiger charge is 2.15. The highest BCUT2D eigenvalue weighted by Crippen LogP contribution is 2.27. The number of alkyl halides is 1. The lowest BCUT2D eigenvalue weighted by molar-refractivity contribution is 0.640. The van der Waals surface area contributed by atoms with Gasteiger partial charge in [0.2, 0.25) is 0 Å². The summed E-state index contributed by atoms with van der Waals surface area (Å²) in [5.74, 6) is 0.496. The predicted octanol–water partition coefficient (Wildman–Crippen LogP) is 5.10. The van der Waals surface area contributed by atoms with E-state index in [1.54, 1.807) is 6.07 Å². The van der Waals surface area contributed by atoms with Crippen molar-refractivity contribution < 1.29 is 0 Å². The highest BCUT2D eigenvalue weighted by molar-refractivity contribution is 6.42. The summed E-state index contributed by atoms with van der Waals surface area (Å²) in [4.78, 5) is 0. The van der Waals surface area contributed by atoms with Crippen molar-refractivity contribution in [2.75, 3.05) is 0 Å². The number of halogens is 3. The summed E-state index contributed by atoms with van der Waals surface area (Å²) >= 11 is 18.4. The zero-order chi connectivity index (χ0) is 14.7. The molecule has 0 aliphatic rings. The van der Waals surface area contributed by atoms with Crippen molar-refractivity contribution in [2.24, 2.45) is 0 Å². The molecule has 0 amide bonds. The van der Waals surface area contributed by atoms with Crippen LogP contribution in [0.3, 0.4) is 0 Å². The molecule has 0 radical (unpaired) electrons. The fraction of sp³-hybridized carbons (Fsp3) is 0.400. The first-order chi connectivity index (χ1) is 9.62. The molecule has 0 saturated carbocycles. The predicted molar refractivity (Wildman–Crippen MR) is 86.1 cm³/mol. The SMILES string of the molecule is CCc1nn(Cc2cccc(Cl)c2Cl)c(CC)c1CCl. The molecule has 0 aliphatic heterocycles. The minimum Gasteiger partial charge on any atom is -0.265 e. The zero-order valence-electron chi connectivity index (χ0n) is 11.6. The van der Waals surface area contributed by atoms with E-state index in [4.69, 9.17) is 34.8 Å². The van der Waals surface area contributed by atoms with Gasteiger partial charge in [0.25, 0.3) is 0 Å². The van der Waals surface area contributed by atoms with Crippen molar-refractivity contribution in [3.63, 3.8) is 0 Å². The van der Waals surface area contributed by atoms with Crippen molar-refractivity contribution in [1.29, 1.82) is 0 Å². The van der Waals surface area contributed by atoms with Crippen LogP contribution in [0.2, 0.25) is 10.0 Å². The van der Waals surface area contributed by atoms with Gasteiger partial charge in [-0.3, -0.25) is 4.68 Å². The van der Waals surface area contributed by atoms with E-state index in [1.807, 2.05) is 16.8 Å². The Labute approximate surface area is 134 Å². The maximum atomic E-state index is 6.25. The minimum atomic E-state index is 0.496. The third-order valence-electron chi connectivity index (χ3n) is 3.40. The lowest BCUT2D eigenvalue weighted by Crippen LogP contribution is -2.07. The molecule has 20 heavy (non-hydrogen) atoms. The Balaban J connectivity index is 2.43. The van der Waals surface area contributed by atoms with Crippen molar-refractivity contribution >= 4 is 34.8 Å². The molecule has 1 aromatic heterocycles. The number of rotatable bonds is 5. The van der Waals surface area contributed by atoms with Gasteiger partial charge in [-0.15, -0.1) is 11.6 Å². The van der Waals surface area contributed by atoms with Gasteiger partial charge in [0.15, 0.2) is 0 Å². The Bertz CT molecular complexity index is 605. The normalized spacial score (nSPS) is 11.1. The Morgan fingerprint density at radius 2 is 1.90 bits per heavy atom. The summed E-state index contributed by atoms with van der Waals surface area (Å²) in [7, 11) is 0. The molecule has 108 valence electrons. The van der Waals surface area contributed by atoms with E-state index in [9.17, 15) is 0 Å². The third kappa shape index (κ3) is 2.98. The highest BCUT2D eigenvalue weighted by atomic mass is 35.5. The Morgan fingerprint density at radius 3 is 2.50 bits per heavy atom. The molecular weight excluding hydrogens is 315 g/mol. The van der Waals surface area contributed by atoms with Gasteiger partial charge in [0.1, 0.15) is 0 Å². The second-order valence-corrected chi connectivity index (χ2v) is 5.64. The lowest BCUT2D eigenvalue weighted by atomic mass is 10.1. The summed E-state index contributed by atoms with van der Waals surface area (Å²) in [5.41, 5.74) is 4.36. The van der Waals surface area contributed by atoms with Crippen LogP contribution in [0, 0.1) is 0 Å². The monoisotopic (exact) mass is 330 g/mol. The number of hydrogen-bond acceptors (Lipinski definition) is 1. The molecule has 1 aromatic carbocycles. The van der Waals surface area contributed by atoms with E-state index in [2.05, 4.69) is 18.9 Å². The summed E-state index contributed by atoms with van der Waals surface area (Å²) in [6.45, 7) is 4.82. The topological polar surface area (TPSA) is 17.8 Å². The van der Waals surface area contributed by atoms with Crippen molar-refractivity contribution in [3.05, 3.63) is 50.8 Å². The number of hydrogen-bond donors (Lipinski definition) is 0. The second-order valence-electron chi connectivity index (χ2n) is 4.58. The van der Waals surface area contributed by atoms with E-state index in [0.29, 0.717) is 22.5 Å². The van der Waals surface area contributed by atoms with Crippen molar-refractivity contribution in [3.8, 4) is 0 Å². The first-order valence-corrected chi connectivity index (χ1v) is 7.97. The van der Waals surface area contributed by atoms with Gasteiger partial charge < -0.3 is 0 Å². The van der Waals surface area contributed by atoms with Gasteiger partial charge in [-0.1, -0.05) is 49.2 Å². The first kappa shape index (κ1) is 15.7. The van der Waals surface area contributed by atoms with Crippen LogP contribution in [-0.4, -0.2) is 9.78 Å². The third-order valence-corrected chi connectivity index (χ3v) is 4.53. The van der Waals surface area contributed by atoms with Crippen LogP contribution < -0.4 is 0 Å². The quantitative estimate of drug-likeness (QED) is 0.697. The molecular formula is C15H17Cl3N2. The van der Waals surface area contributed by atoms with E-state index in [0.717, 1.165) is 29.7 Å². The first-order valence-electron chi connectivity index (χ1n) is 6.68. The standard InChI is InChI=1S/C15H17Cl3N2/c1-3-13-11(8-16)14(4-2)20(19-13)9-10-6-5-7-12(17)15(10)18/h5-7H,3-4,8-9H2,1-2H3. The second kappa shape index (κ2) is 6.84. The maximum Gasteiger partial charge on any atom is 0.0677 e. The average molecular weight is 332 g/mol. The molecule has 5 heteroatoms. The number of aryl methyl sites for hydroxylation is 1. The maximum absolute atomic E-state index is 6.25. The molecule has 0 unspecified atom stereocenters. The van der Waals surface area contributed by atoms with E-state index >= 15 is 0 Å². The fourth-order valence-electron chi connectivity index (χ4n) is 2.39. The average Bonchev–Trinajstić information content (AvgIpc) is 2.80. The summed E-state index contributed by atoms with van der Waals surface area (Å²) in [5, 5.41) is 5.83. The smallest absolute Gasteiger partial charge is 0.0677 e. The molecule has 2 rings (SSSR count).